The molecule has 0 spiro atoms. The number of aromatic amines is 1. The molecule has 2 N–H and O–H groups in total. The minimum atomic E-state index is -0.856. The first-order chi connectivity index (χ1) is 8.15. The van der Waals surface area contributed by atoms with Gasteiger partial charge in [-0.05, 0) is 12.5 Å². The number of aromatic nitrogens is 2. The van der Waals surface area contributed by atoms with Gasteiger partial charge in [-0.25, -0.2) is 4.98 Å². The summed E-state index contributed by atoms with van der Waals surface area (Å²) in [5.74, 6) is -0.0455. The summed E-state index contributed by atoms with van der Waals surface area (Å²) in [6.45, 7) is 1.85. The summed E-state index contributed by atoms with van der Waals surface area (Å²) in [7, 11) is 0. The Morgan fingerprint density at radius 1 is 1.35 bits per heavy atom. The highest BCUT2D eigenvalue weighted by Gasteiger charge is 2.10. The molecule has 1 aromatic carbocycles. The number of benzene rings is 1. The van der Waals surface area contributed by atoms with E-state index < -0.39 is 5.97 Å². The summed E-state index contributed by atoms with van der Waals surface area (Å²) >= 11 is 0. The predicted octanol–water partition coefficient (Wildman–Crippen LogP) is 1.94. The van der Waals surface area contributed by atoms with E-state index in [2.05, 4.69) is 9.97 Å². The topological polar surface area (TPSA) is 66.0 Å². The predicted molar refractivity (Wildman–Crippen MR) is 63.9 cm³/mol. The van der Waals surface area contributed by atoms with E-state index in [-0.39, 0.29) is 6.42 Å². The first-order valence-corrected chi connectivity index (χ1v) is 5.45. The second-order valence-electron chi connectivity index (χ2n) is 3.99. The average Bonchev–Trinajstić information content (AvgIpc) is 2.59. The van der Waals surface area contributed by atoms with Crippen molar-refractivity contribution in [2.24, 2.45) is 0 Å². The molecular weight excluding hydrogens is 216 g/mol. The number of nitrogens with zero attached hydrogens (tertiary/aromatic N) is 1. The molecule has 1 aromatic heterocycles. The molecule has 0 aliphatic rings. The van der Waals surface area contributed by atoms with E-state index in [0.29, 0.717) is 12.1 Å². The van der Waals surface area contributed by atoms with Gasteiger partial charge in [0, 0.05) is 12.1 Å². The maximum Gasteiger partial charge on any atom is 0.309 e. The SMILES string of the molecule is Cc1[nH]c(Cc2ccccc2)nc1CC(=O)O. The zero-order valence-corrected chi connectivity index (χ0v) is 9.60. The third kappa shape index (κ3) is 2.93. The molecule has 4 heteroatoms. The van der Waals surface area contributed by atoms with Crippen LogP contribution < -0.4 is 0 Å². The highest BCUT2D eigenvalue weighted by molar-refractivity contribution is 5.69. The number of carbonyl (C=O) groups is 1. The first kappa shape index (κ1) is 11.4. The molecule has 0 unspecified atom stereocenters. The van der Waals surface area contributed by atoms with Gasteiger partial charge in [0.1, 0.15) is 5.82 Å². The van der Waals surface area contributed by atoms with Crippen molar-refractivity contribution in [2.75, 3.05) is 0 Å². The van der Waals surface area contributed by atoms with Gasteiger partial charge in [-0.3, -0.25) is 4.79 Å². The summed E-state index contributed by atoms with van der Waals surface area (Å²) in [6.07, 6.45) is 0.665. The minimum absolute atomic E-state index is 0.0306. The fraction of sp³-hybridized carbons (Fsp3) is 0.231. The summed E-state index contributed by atoms with van der Waals surface area (Å²) in [5.41, 5.74) is 2.60. The highest BCUT2D eigenvalue weighted by atomic mass is 16.4. The molecule has 2 rings (SSSR count). The van der Waals surface area contributed by atoms with E-state index in [1.807, 2.05) is 37.3 Å². The zero-order chi connectivity index (χ0) is 12.3. The maximum atomic E-state index is 10.6. The van der Waals surface area contributed by atoms with Crippen molar-refractivity contribution in [3.63, 3.8) is 0 Å². The molecule has 0 saturated carbocycles. The second kappa shape index (κ2) is 4.82. The zero-order valence-electron chi connectivity index (χ0n) is 9.60. The van der Waals surface area contributed by atoms with Crippen molar-refractivity contribution >= 4 is 5.97 Å². The van der Waals surface area contributed by atoms with Gasteiger partial charge in [0.25, 0.3) is 0 Å². The number of hydrogen-bond donors (Lipinski definition) is 2. The lowest BCUT2D eigenvalue weighted by molar-refractivity contribution is -0.136. The van der Waals surface area contributed by atoms with Gasteiger partial charge in [-0.15, -0.1) is 0 Å². The van der Waals surface area contributed by atoms with Crippen LogP contribution in [0.25, 0.3) is 0 Å². The van der Waals surface area contributed by atoms with Crippen LogP contribution in [0.1, 0.15) is 22.8 Å². The van der Waals surface area contributed by atoms with Crippen LogP contribution in [-0.2, 0) is 17.6 Å². The molecular formula is C13H14N2O2. The number of aryl methyl sites for hydroxylation is 1. The van der Waals surface area contributed by atoms with Crippen LogP contribution in [0, 0.1) is 6.92 Å². The summed E-state index contributed by atoms with van der Waals surface area (Å²) < 4.78 is 0. The standard InChI is InChI=1S/C13H14N2O2/c1-9-11(8-13(16)17)15-12(14-9)7-10-5-3-2-4-6-10/h2-6H,7-8H2,1H3,(H,14,15)(H,16,17). The Balaban J connectivity index is 2.15. The highest BCUT2D eigenvalue weighted by Crippen LogP contribution is 2.10. The van der Waals surface area contributed by atoms with E-state index in [9.17, 15) is 4.79 Å². The molecule has 0 aliphatic heterocycles. The first-order valence-electron chi connectivity index (χ1n) is 5.45. The van der Waals surface area contributed by atoms with Gasteiger partial charge in [0.05, 0.1) is 12.1 Å². The fourth-order valence-corrected chi connectivity index (χ4v) is 1.75. The average molecular weight is 230 g/mol. The van der Waals surface area contributed by atoms with Crippen molar-refractivity contribution < 1.29 is 9.90 Å². The third-order valence-electron chi connectivity index (χ3n) is 2.57. The molecule has 4 nitrogen and oxygen atoms in total. The van der Waals surface area contributed by atoms with Crippen LogP contribution in [0.2, 0.25) is 0 Å². The lowest BCUT2D eigenvalue weighted by atomic mass is 10.1. The molecule has 2 aromatic rings. The minimum Gasteiger partial charge on any atom is -0.481 e. The van der Waals surface area contributed by atoms with Crippen molar-refractivity contribution in [1.82, 2.24) is 9.97 Å². The number of hydrogen-bond acceptors (Lipinski definition) is 2. The van der Waals surface area contributed by atoms with Crippen molar-refractivity contribution in [2.45, 2.75) is 19.8 Å². The Kier molecular flexibility index (Phi) is 3.23. The molecule has 0 amide bonds. The summed E-state index contributed by atoms with van der Waals surface area (Å²) in [5, 5.41) is 8.74. The number of carboxylic acids is 1. The van der Waals surface area contributed by atoms with E-state index in [0.717, 1.165) is 17.1 Å². The Hall–Kier alpha value is -2.10. The maximum absolute atomic E-state index is 10.6. The third-order valence-corrected chi connectivity index (χ3v) is 2.57. The normalized spacial score (nSPS) is 10.4. The van der Waals surface area contributed by atoms with E-state index in [1.54, 1.807) is 0 Å². The van der Waals surface area contributed by atoms with Gasteiger partial charge in [0.2, 0.25) is 0 Å². The summed E-state index contributed by atoms with van der Waals surface area (Å²) in [4.78, 5) is 18.1. The molecule has 88 valence electrons. The van der Waals surface area contributed by atoms with Gasteiger partial charge >= 0.3 is 5.97 Å². The molecule has 0 saturated heterocycles. The number of aliphatic carboxylic acids is 1. The van der Waals surface area contributed by atoms with Crippen molar-refractivity contribution in [3.05, 3.63) is 53.1 Å². The van der Waals surface area contributed by atoms with Crippen LogP contribution in [0.3, 0.4) is 0 Å². The molecule has 0 aliphatic carbocycles. The van der Waals surface area contributed by atoms with Gasteiger partial charge < -0.3 is 10.1 Å². The summed E-state index contributed by atoms with van der Waals surface area (Å²) in [6, 6.07) is 9.96. The Morgan fingerprint density at radius 3 is 2.71 bits per heavy atom. The number of nitrogens with one attached hydrogen (secondary N) is 1. The molecule has 0 atom stereocenters. The van der Waals surface area contributed by atoms with Crippen LogP contribution in [0.15, 0.2) is 30.3 Å². The second-order valence-corrected chi connectivity index (χ2v) is 3.99. The van der Waals surface area contributed by atoms with E-state index in [4.69, 9.17) is 5.11 Å². The number of H-pyrrole nitrogens is 1. The molecule has 17 heavy (non-hydrogen) atoms. The number of carboxylic acid groups (broad SMARTS) is 1. The van der Waals surface area contributed by atoms with Gasteiger partial charge in [-0.2, -0.15) is 0 Å². The van der Waals surface area contributed by atoms with Crippen LogP contribution in [0.4, 0.5) is 0 Å². The van der Waals surface area contributed by atoms with Gasteiger partial charge in [0.15, 0.2) is 0 Å². The monoisotopic (exact) mass is 230 g/mol. The molecule has 1 heterocycles. The fourth-order valence-electron chi connectivity index (χ4n) is 1.75. The molecule has 0 bridgehead atoms. The van der Waals surface area contributed by atoms with Crippen molar-refractivity contribution in [1.29, 1.82) is 0 Å². The Bertz CT molecular complexity index is 517. The van der Waals surface area contributed by atoms with Gasteiger partial charge in [-0.1, -0.05) is 30.3 Å². The number of imidazole rings is 1. The van der Waals surface area contributed by atoms with Crippen molar-refractivity contribution in [3.8, 4) is 0 Å². The van der Waals surface area contributed by atoms with Crippen LogP contribution >= 0.6 is 0 Å². The largest absolute Gasteiger partial charge is 0.481 e. The molecule has 0 fully saturated rings. The lowest BCUT2D eigenvalue weighted by Gasteiger charge is -1.96. The quantitative estimate of drug-likeness (QED) is 0.843. The van der Waals surface area contributed by atoms with Crippen LogP contribution in [0.5, 0.6) is 0 Å². The Labute approximate surface area is 99.3 Å². The smallest absolute Gasteiger partial charge is 0.309 e. The lowest BCUT2D eigenvalue weighted by Crippen LogP contribution is -2.01. The van der Waals surface area contributed by atoms with Crippen LogP contribution in [-0.4, -0.2) is 21.0 Å². The Morgan fingerprint density at radius 2 is 2.06 bits per heavy atom. The van der Waals surface area contributed by atoms with E-state index >= 15 is 0 Å². The van der Waals surface area contributed by atoms with E-state index in [1.165, 1.54) is 0 Å². The molecule has 0 radical (unpaired) electrons. The number of rotatable bonds is 4.